The molecular weight excluding hydrogens is 296 g/mol. The Morgan fingerprint density at radius 1 is 1.18 bits per heavy atom. The number of hydrogen-bond donors (Lipinski definition) is 1. The zero-order chi connectivity index (χ0) is 12.7. The van der Waals surface area contributed by atoms with Gasteiger partial charge in [-0.05, 0) is 22.0 Å². The first-order valence-electron chi connectivity index (χ1n) is 5.10. The maximum atomic E-state index is 13.3. The van der Waals surface area contributed by atoms with E-state index in [1.165, 1.54) is 6.07 Å². The number of ether oxygens (including phenoxy) is 2. The summed E-state index contributed by atoms with van der Waals surface area (Å²) in [6.45, 7) is 1.89. The van der Waals surface area contributed by atoms with Crippen molar-refractivity contribution in [2.75, 3.05) is 38.8 Å². The smallest absolute Gasteiger partial charge is 0.149 e. The molecule has 0 spiro atoms. The van der Waals surface area contributed by atoms with Crippen LogP contribution in [-0.2, 0) is 9.47 Å². The molecule has 0 unspecified atom stereocenters. The Morgan fingerprint density at radius 2 is 1.94 bits per heavy atom. The minimum atomic E-state index is -0.623. The summed E-state index contributed by atoms with van der Waals surface area (Å²) < 4.78 is 36.4. The summed E-state index contributed by atoms with van der Waals surface area (Å²) in [5, 5.41) is 2.82. The van der Waals surface area contributed by atoms with E-state index in [1.54, 1.807) is 7.11 Å². The number of benzene rings is 1. The van der Waals surface area contributed by atoms with Gasteiger partial charge in [-0.1, -0.05) is 0 Å². The van der Waals surface area contributed by atoms with Gasteiger partial charge in [0.15, 0.2) is 0 Å². The monoisotopic (exact) mass is 309 g/mol. The third-order valence-corrected chi connectivity index (χ3v) is 2.61. The summed E-state index contributed by atoms with van der Waals surface area (Å²) in [5.74, 6) is -1.24. The summed E-state index contributed by atoms with van der Waals surface area (Å²) in [7, 11) is 1.59. The van der Waals surface area contributed by atoms with E-state index < -0.39 is 11.6 Å². The maximum absolute atomic E-state index is 13.3. The molecule has 3 nitrogen and oxygen atoms in total. The topological polar surface area (TPSA) is 30.5 Å². The first-order valence-corrected chi connectivity index (χ1v) is 5.89. The molecule has 0 fully saturated rings. The second kappa shape index (κ2) is 7.58. The molecule has 0 aromatic heterocycles. The van der Waals surface area contributed by atoms with Crippen LogP contribution in [0.2, 0.25) is 0 Å². The van der Waals surface area contributed by atoms with E-state index in [1.807, 2.05) is 0 Å². The van der Waals surface area contributed by atoms with Gasteiger partial charge in [0.05, 0.1) is 30.0 Å². The second-order valence-electron chi connectivity index (χ2n) is 3.28. The molecule has 0 aliphatic rings. The highest BCUT2D eigenvalue weighted by Gasteiger charge is 2.07. The number of halogens is 3. The number of anilines is 1. The normalized spacial score (nSPS) is 10.6. The van der Waals surface area contributed by atoms with Crippen LogP contribution >= 0.6 is 15.9 Å². The molecule has 0 atom stereocenters. The largest absolute Gasteiger partial charge is 0.382 e. The standard InChI is InChI=1S/C11H14BrF2NO2/c1-16-4-5-17-3-2-15-11-6-8(12)9(13)7-10(11)14/h6-7,15H,2-5H2,1H3. The molecular formula is C11H14BrF2NO2. The fraction of sp³-hybridized carbons (Fsp3) is 0.455. The molecule has 1 rings (SSSR count). The average molecular weight is 310 g/mol. The Hall–Kier alpha value is -0.720. The molecule has 1 N–H and O–H groups in total. The fourth-order valence-electron chi connectivity index (χ4n) is 1.16. The van der Waals surface area contributed by atoms with E-state index in [4.69, 9.17) is 9.47 Å². The summed E-state index contributed by atoms with van der Waals surface area (Å²) in [5.41, 5.74) is 0.244. The zero-order valence-electron chi connectivity index (χ0n) is 9.43. The molecule has 0 saturated heterocycles. The summed E-state index contributed by atoms with van der Waals surface area (Å²) in [6, 6.07) is 2.19. The Morgan fingerprint density at radius 3 is 2.65 bits per heavy atom. The Kier molecular flexibility index (Phi) is 6.39. The van der Waals surface area contributed by atoms with Crippen LogP contribution in [0.4, 0.5) is 14.5 Å². The van der Waals surface area contributed by atoms with Crippen molar-refractivity contribution >= 4 is 21.6 Å². The van der Waals surface area contributed by atoms with E-state index in [9.17, 15) is 8.78 Å². The summed E-state index contributed by atoms with van der Waals surface area (Å²) >= 11 is 2.99. The van der Waals surface area contributed by atoms with E-state index >= 15 is 0 Å². The molecule has 96 valence electrons. The zero-order valence-corrected chi connectivity index (χ0v) is 11.0. The third kappa shape index (κ3) is 4.97. The van der Waals surface area contributed by atoms with Gasteiger partial charge in [0, 0.05) is 19.7 Å². The minimum Gasteiger partial charge on any atom is -0.382 e. The number of nitrogens with one attached hydrogen (secondary N) is 1. The van der Waals surface area contributed by atoms with Crippen LogP contribution in [0.5, 0.6) is 0 Å². The van der Waals surface area contributed by atoms with Crippen LogP contribution in [0.3, 0.4) is 0 Å². The van der Waals surface area contributed by atoms with Gasteiger partial charge < -0.3 is 14.8 Å². The molecule has 0 aliphatic heterocycles. The summed E-state index contributed by atoms with van der Waals surface area (Å²) in [4.78, 5) is 0. The fourth-order valence-corrected chi connectivity index (χ4v) is 1.50. The van der Waals surface area contributed by atoms with Crippen LogP contribution in [0.25, 0.3) is 0 Å². The molecule has 6 heteroatoms. The number of hydrogen-bond acceptors (Lipinski definition) is 3. The van der Waals surface area contributed by atoms with Gasteiger partial charge in [-0.3, -0.25) is 0 Å². The van der Waals surface area contributed by atoms with Crippen molar-refractivity contribution in [3.05, 3.63) is 28.2 Å². The van der Waals surface area contributed by atoms with E-state index in [-0.39, 0.29) is 10.2 Å². The second-order valence-corrected chi connectivity index (χ2v) is 4.13. The minimum absolute atomic E-state index is 0.224. The SMILES string of the molecule is COCCOCCNc1cc(Br)c(F)cc1F. The van der Waals surface area contributed by atoms with Crippen LogP contribution in [0, 0.1) is 11.6 Å². The lowest BCUT2D eigenvalue weighted by atomic mass is 10.3. The predicted molar refractivity (Wildman–Crippen MR) is 65.2 cm³/mol. The van der Waals surface area contributed by atoms with Crippen molar-refractivity contribution in [3.8, 4) is 0 Å². The van der Waals surface area contributed by atoms with E-state index in [0.717, 1.165) is 6.07 Å². The molecule has 0 radical (unpaired) electrons. The van der Waals surface area contributed by atoms with Crippen molar-refractivity contribution in [2.45, 2.75) is 0 Å². The lowest BCUT2D eigenvalue weighted by molar-refractivity contribution is 0.0759. The van der Waals surface area contributed by atoms with Gasteiger partial charge in [0.25, 0.3) is 0 Å². The van der Waals surface area contributed by atoms with Gasteiger partial charge in [0.1, 0.15) is 11.6 Å². The van der Waals surface area contributed by atoms with Crippen LogP contribution in [0.1, 0.15) is 0 Å². The van der Waals surface area contributed by atoms with Crippen molar-refractivity contribution < 1.29 is 18.3 Å². The van der Waals surface area contributed by atoms with Crippen molar-refractivity contribution in [2.24, 2.45) is 0 Å². The van der Waals surface area contributed by atoms with Crippen LogP contribution in [0.15, 0.2) is 16.6 Å². The van der Waals surface area contributed by atoms with Gasteiger partial charge >= 0.3 is 0 Å². The number of methoxy groups -OCH3 is 1. The van der Waals surface area contributed by atoms with Gasteiger partial charge in [0.2, 0.25) is 0 Å². The van der Waals surface area contributed by atoms with Crippen molar-refractivity contribution in [1.82, 2.24) is 0 Å². The first kappa shape index (κ1) is 14.3. The van der Waals surface area contributed by atoms with Crippen molar-refractivity contribution in [3.63, 3.8) is 0 Å². The molecule has 0 bridgehead atoms. The quantitative estimate of drug-likeness (QED) is 0.620. The molecule has 0 amide bonds. The lowest BCUT2D eigenvalue weighted by Crippen LogP contribution is -2.12. The first-order chi connectivity index (χ1) is 8.15. The average Bonchev–Trinajstić information content (AvgIpc) is 2.30. The number of rotatable bonds is 7. The molecule has 1 aromatic rings. The highest BCUT2D eigenvalue weighted by atomic mass is 79.9. The maximum Gasteiger partial charge on any atom is 0.149 e. The van der Waals surface area contributed by atoms with E-state index in [0.29, 0.717) is 26.4 Å². The molecule has 0 saturated carbocycles. The van der Waals surface area contributed by atoms with Crippen molar-refractivity contribution in [1.29, 1.82) is 0 Å². The predicted octanol–water partition coefficient (Wildman–Crippen LogP) is 2.80. The van der Waals surface area contributed by atoms with Crippen LogP contribution in [-0.4, -0.2) is 33.5 Å². The molecule has 0 aliphatic carbocycles. The van der Waals surface area contributed by atoms with E-state index in [2.05, 4.69) is 21.2 Å². The van der Waals surface area contributed by atoms with Gasteiger partial charge in [-0.2, -0.15) is 0 Å². The molecule has 1 aromatic carbocycles. The Labute approximate surface area is 107 Å². The Bertz CT molecular complexity index is 364. The highest BCUT2D eigenvalue weighted by Crippen LogP contribution is 2.23. The highest BCUT2D eigenvalue weighted by molar-refractivity contribution is 9.10. The van der Waals surface area contributed by atoms with Crippen LogP contribution < -0.4 is 5.32 Å². The molecule has 17 heavy (non-hydrogen) atoms. The van der Waals surface area contributed by atoms with Gasteiger partial charge in [-0.15, -0.1) is 0 Å². The summed E-state index contributed by atoms with van der Waals surface area (Å²) in [6.07, 6.45) is 0. The third-order valence-electron chi connectivity index (χ3n) is 2.00. The Balaban J connectivity index is 2.34. The molecule has 0 heterocycles. The lowest BCUT2D eigenvalue weighted by Gasteiger charge is -2.09. The van der Waals surface area contributed by atoms with Gasteiger partial charge in [-0.25, -0.2) is 8.78 Å².